The summed E-state index contributed by atoms with van der Waals surface area (Å²) in [6.07, 6.45) is 0.0420. The smallest absolute Gasteiger partial charge is 0.263 e. The number of hydrogen-bond acceptors (Lipinski definition) is 5. The molecule has 2 aromatic rings. The Balaban J connectivity index is 1.68. The van der Waals surface area contributed by atoms with Gasteiger partial charge in [0.25, 0.3) is 5.91 Å². The molecule has 130 valence electrons. The highest BCUT2D eigenvalue weighted by atomic mass is 19.1. The molecule has 0 aliphatic carbocycles. The standard InChI is InChI=1S/C18H18FN3O3/c1-11-8-22(14(9-24-11)12-2-4-13(19)5-3-12)16-7-6-15-18(20-16)21-17(23)10-25-15/h2-7,11,14H,8-10H2,1H3,(H,20,21,23)/t11-,14+/m0/s1. The van der Waals surface area contributed by atoms with Crippen LogP contribution >= 0.6 is 0 Å². The lowest BCUT2D eigenvalue weighted by molar-refractivity contribution is -0.118. The molecule has 7 heteroatoms. The maximum Gasteiger partial charge on any atom is 0.263 e. The van der Waals surface area contributed by atoms with Gasteiger partial charge in [-0.05, 0) is 36.8 Å². The molecule has 0 saturated carbocycles. The number of nitrogens with zero attached hydrogens (tertiary/aromatic N) is 2. The molecule has 25 heavy (non-hydrogen) atoms. The van der Waals surface area contributed by atoms with Crippen LogP contribution in [0.15, 0.2) is 36.4 Å². The summed E-state index contributed by atoms with van der Waals surface area (Å²) in [5, 5.41) is 2.73. The van der Waals surface area contributed by atoms with E-state index in [4.69, 9.17) is 9.47 Å². The maximum absolute atomic E-state index is 13.2. The van der Waals surface area contributed by atoms with Gasteiger partial charge in [0.05, 0.1) is 18.8 Å². The molecule has 1 aromatic carbocycles. The highest BCUT2D eigenvalue weighted by molar-refractivity contribution is 5.94. The van der Waals surface area contributed by atoms with Crippen LogP contribution in [0.4, 0.5) is 16.0 Å². The normalized spacial score (nSPS) is 22.8. The zero-order valence-electron chi connectivity index (χ0n) is 13.7. The second-order valence-corrected chi connectivity index (χ2v) is 6.22. The van der Waals surface area contributed by atoms with E-state index >= 15 is 0 Å². The van der Waals surface area contributed by atoms with Crippen molar-refractivity contribution in [2.24, 2.45) is 0 Å². The van der Waals surface area contributed by atoms with E-state index in [2.05, 4.69) is 15.2 Å². The SMILES string of the molecule is C[C@H]1CN(c2ccc3c(n2)NC(=O)CO3)[C@@H](c2ccc(F)cc2)CO1. The van der Waals surface area contributed by atoms with Crippen LogP contribution < -0.4 is 15.0 Å². The first-order valence-corrected chi connectivity index (χ1v) is 8.17. The molecule has 0 unspecified atom stereocenters. The summed E-state index contributed by atoms with van der Waals surface area (Å²) >= 11 is 0. The Hall–Kier alpha value is -2.67. The number of anilines is 2. The zero-order chi connectivity index (χ0) is 17.4. The number of pyridine rings is 1. The van der Waals surface area contributed by atoms with Crippen molar-refractivity contribution in [3.8, 4) is 5.75 Å². The quantitative estimate of drug-likeness (QED) is 0.908. The van der Waals surface area contributed by atoms with Crippen molar-refractivity contribution < 1.29 is 18.7 Å². The van der Waals surface area contributed by atoms with E-state index in [0.29, 0.717) is 30.5 Å². The van der Waals surface area contributed by atoms with Crippen molar-refractivity contribution in [1.29, 1.82) is 0 Å². The van der Waals surface area contributed by atoms with E-state index in [1.54, 1.807) is 18.2 Å². The van der Waals surface area contributed by atoms with E-state index < -0.39 is 0 Å². The van der Waals surface area contributed by atoms with Crippen molar-refractivity contribution >= 4 is 17.5 Å². The average Bonchev–Trinajstić information content (AvgIpc) is 2.62. The van der Waals surface area contributed by atoms with Gasteiger partial charge in [0.2, 0.25) is 0 Å². The molecule has 2 aliphatic rings. The van der Waals surface area contributed by atoms with Gasteiger partial charge in [0.1, 0.15) is 11.6 Å². The Morgan fingerprint density at radius 3 is 2.84 bits per heavy atom. The van der Waals surface area contributed by atoms with Crippen molar-refractivity contribution in [2.45, 2.75) is 19.1 Å². The van der Waals surface area contributed by atoms with Crippen LogP contribution in [0.1, 0.15) is 18.5 Å². The first-order valence-electron chi connectivity index (χ1n) is 8.17. The third-order valence-electron chi connectivity index (χ3n) is 4.38. The summed E-state index contributed by atoms with van der Waals surface area (Å²) in [4.78, 5) is 18.2. The van der Waals surface area contributed by atoms with E-state index in [-0.39, 0.29) is 30.5 Å². The largest absolute Gasteiger partial charge is 0.480 e. The van der Waals surface area contributed by atoms with Gasteiger partial charge in [-0.3, -0.25) is 4.79 Å². The molecule has 2 atom stereocenters. The Morgan fingerprint density at radius 2 is 2.04 bits per heavy atom. The number of hydrogen-bond donors (Lipinski definition) is 1. The number of ether oxygens (including phenoxy) is 2. The predicted octanol–water partition coefficient (Wildman–Crippen LogP) is 2.52. The van der Waals surface area contributed by atoms with E-state index in [0.717, 1.165) is 5.56 Å². The monoisotopic (exact) mass is 343 g/mol. The molecule has 1 aromatic heterocycles. The van der Waals surface area contributed by atoms with Gasteiger partial charge in [-0.25, -0.2) is 9.37 Å². The molecule has 0 bridgehead atoms. The second-order valence-electron chi connectivity index (χ2n) is 6.22. The van der Waals surface area contributed by atoms with Gasteiger partial charge in [0, 0.05) is 6.54 Å². The average molecular weight is 343 g/mol. The zero-order valence-corrected chi connectivity index (χ0v) is 13.7. The Bertz CT molecular complexity index is 797. The van der Waals surface area contributed by atoms with Crippen LogP contribution in [0.2, 0.25) is 0 Å². The van der Waals surface area contributed by atoms with E-state index in [1.807, 2.05) is 13.0 Å². The lowest BCUT2D eigenvalue weighted by Gasteiger charge is -2.40. The predicted molar refractivity (Wildman–Crippen MR) is 90.3 cm³/mol. The Kier molecular flexibility index (Phi) is 4.01. The summed E-state index contributed by atoms with van der Waals surface area (Å²) in [7, 11) is 0. The third kappa shape index (κ3) is 3.15. The molecular weight excluding hydrogens is 325 g/mol. The molecule has 3 heterocycles. The molecular formula is C18H18FN3O3. The highest BCUT2D eigenvalue weighted by Gasteiger charge is 2.30. The lowest BCUT2D eigenvalue weighted by Crippen LogP contribution is -2.44. The minimum absolute atomic E-state index is 0.000813. The fourth-order valence-electron chi connectivity index (χ4n) is 3.13. The third-order valence-corrected chi connectivity index (χ3v) is 4.38. The van der Waals surface area contributed by atoms with Crippen molar-refractivity contribution in [3.63, 3.8) is 0 Å². The molecule has 0 radical (unpaired) electrons. The topological polar surface area (TPSA) is 63.7 Å². The maximum atomic E-state index is 13.2. The van der Waals surface area contributed by atoms with Gasteiger partial charge in [-0.15, -0.1) is 0 Å². The van der Waals surface area contributed by atoms with Crippen molar-refractivity contribution in [1.82, 2.24) is 4.98 Å². The minimum atomic E-state index is -0.271. The molecule has 4 rings (SSSR count). The molecule has 2 aliphatic heterocycles. The first kappa shape index (κ1) is 15.8. The fourth-order valence-corrected chi connectivity index (χ4v) is 3.13. The van der Waals surface area contributed by atoms with Crippen molar-refractivity contribution in [3.05, 3.63) is 47.8 Å². The molecule has 1 saturated heterocycles. The van der Waals surface area contributed by atoms with Gasteiger partial charge in [-0.2, -0.15) is 0 Å². The number of aromatic nitrogens is 1. The Morgan fingerprint density at radius 1 is 1.24 bits per heavy atom. The summed E-state index contributed by atoms with van der Waals surface area (Å²) in [5.74, 6) is 1.21. The second kappa shape index (κ2) is 6.33. The number of benzene rings is 1. The number of rotatable bonds is 2. The summed E-state index contributed by atoms with van der Waals surface area (Å²) in [6, 6.07) is 10.00. The van der Waals surface area contributed by atoms with Crippen LogP contribution in [0.25, 0.3) is 0 Å². The fraction of sp³-hybridized carbons (Fsp3) is 0.333. The molecule has 1 N–H and O–H groups in total. The van der Waals surface area contributed by atoms with Gasteiger partial charge >= 0.3 is 0 Å². The number of halogens is 1. The number of fused-ring (bicyclic) bond motifs is 1. The summed E-state index contributed by atoms with van der Waals surface area (Å²) in [5.41, 5.74) is 0.952. The number of carbonyl (C=O) groups excluding carboxylic acids is 1. The summed E-state index contributed by atoms with van der Waals surface area (Å²) < 4.78 is 24.4. The Labute approximate surface area is 144 Å². The van der Waals surface area contributed by atoms with Crippen LogP contribution in [-0.4, -0.2) is 36.8 Å². The molecule has 0 spiro atoms. The van der Waals surface area contributed by atoms with Crippen molar-refractivity contribution in [2.75, 3.05) is 30.0 Å². The van der Waals surface area contributed by atoms with Crippen LogP contribution in [-0.2, 0) is 9.53 Å². The highest BCUT2D eigenvalue weighted by Crippen LogP contribution is 2.34. The number of carbonyl (C=O) groups is 1. The van der Waals surface area contributed by atoms with E-state index in [1.165, 1.54) is 12.1 Å². The molecule has 6 nitrogen and oxygen atoms in total. The van der Waals surface area contributed by atoms with Crippen LogP contribution in [0, 0.1) is 5.82 Å². The van der Waals surface area contributed by atoms with Gasteiger partial charge in [0.15, 0.2) is 18.2 Å². The van der Waals surface area contributed by atoms with Crippen LogP contribution in [0.5, 0.6) is 5.75 Å². The lowest BCUT2D eigenvalue weighted by atomic mass is 10.0. The first-order chi connectivity index (χ1) is 12.1. The minimum Gasteiger partial charge on any atom is -0.480 e. The number of nitrogens with one attached hydrogen (secondary N) is 1. The summed E-state index contributed by atoms with van der Waals surface area (Å²) in [6.45, 7) is 3.12. The van der Waals surface area contributed by atoms with Crippen LogP contribution in [0.3, 0.4) is 0 Å². The van der Waals surface area contributed by atoms with Gasteiger partial charge in [-0.1, -0.05) is 12.1 Å². The van der Waals surface area contributed by atoms with E-state index in [9.17, 15) is 9.18 Å². The van der Waals surface area contributed by atoms with Gasteiger partial charge < -0.3 is 19.7 Å². The number of amides is 1. The molecule has 1 amide bonds. The number of morpholine rings is 1. The molecule has 1 fully saturated rings.